The zero-order valence-corrected chi connectivity index (χ0v) is 14.8. The Balaban J connectivity index is 1.61. The number of carbonyl (C=O) groups excluding carboxylic acids is 1. The minimum atomic E-state index is -0.391. The van der Waals surface area contributed by atoms with E-state index in [4.69, 9.17) is 4.52 Å². The molecule has 3 aromatic rings. The van der Waals surface area contributed by atoms with Crippen LogP contribution in [0.3, 0.4) is 0 Å². The molecule has 0 spiro atoms. The van der Waals surface area contributed by atoms with Crippen LogP contribution in [-0.4, -0.2) is 30.4 Å². The van der Waals surface area contributed by atoms with E-state index in [1.165, 1.54) is 0 Å². The maximum atomic E-state index is 12.1. The summed E-state index contributed by atoms with van der Waals surface area (Å²) in [5, 5.41) is 10.7. The van der Waals surface area contributed by atoms with Gasteiger partial charge in [0, 0.05) is 24.6 Å². The van der Waals surface area contributed by atoms with Crippen molar-refractivity contribution in [3.8, 4) is 0 Å². The van der Waals surface area contributed by atoms with Gasteiger partial charge in [0.1, 0.15) is 6.54 Å². The molecule has 1 N–H and O–H groups in total. The van der Waals surface area contributed by atoms with Gasteiger partial charge in [-0.3, -0.25) is 9.48 Å². The van der Waals surface area contributed by atoms with Gasteiger partial charge in [-0.2, -0.15) is 10.1 Å². The van der Waals surface area contributed by atoms with Crippen molar-refractivity contribution in [3.63, 3.8) is 0 Å². The summed E-state index contributed by atoms with van der Waals surface area (Å²) in [5.74, 6) is -0.0326. The van der Waals surface area contributed by atoms with E-state index in [1.54, 1.807) is 10.9 Å². The molecule has 1 amide bonds. The fraction of sp³-hybridized carbons (Fsp3) is 0.286. The quantitative estimate of drug-likeness (QED) is 0.625. The van der Waals surface area contributed by atoms with Crippen LogP contribution in [0.25, 0.3) is 0 Å². The number of amides is 1. The Morgan fingerprint density at radius 2 is 2.26 bits per heavy atom. The van der Waals surface area contributed by atoms with Crippen molar-refractivity contribution in [2.45, 2.75) is 20.0 Å². The Hall–Kier alpha value is -2.17. The predicted molar refractivity (Wildman–Crippen MR) is 89.7 cm³/mol. The van der Waals surface area contributed by atoms with Crippen LogP contribution in [0.4, 0.5) is 0 Å². The average Bonchev–Trinajstić information content (AvgIpc) is 3.22. The van der Waals surface area contributed by atoms with Gasteiger partial charge in [-0.05, 0) is 41.6 Å². The van der Waals surface area contributed by atoms with Crippen molar-refractivity contribution >= 4 is 28.5 Å². The highest BCUT2D eigenvalue weighted by Crippen LogP contribution is 2.07. The molecular weight excluding hydrogens is 411 g/mol. The monoisotopic (exact) mass is 426 g/mol. The molecule has 0 bridgehead atoms. The summed E-state index contributed by atoms with van der Waals surface area (Å²) < 4.78 is 9.72. The van der Waals surface area contributed by atoms with Crippen molar-refractivity contribution in [1.82, 2.24) is 29.8 Å². The second-order valence-electron chi connectivity index (χ2n) is 5.08. The van der Waals surface area contributed by atoms with Gasteiger partial charge in [-0.25, -0.2) is 0 Å². The van der Waals surface area contributed by atoms with Gasteiger partial charge >= 0.3 is 11.8 Å². The average molecular weight is 426 g/mol. The molecule has 3 rings (SSSR count). The van der Waals surface area contributed by atoms with E-state index >= 15 is 0 Å². The van der Waals surface area contributed by atoms with Gasteiger partial charge in [-0.15, -0.1) is 0 Å². The number of rotatable bonds is 5. The lowest BCUT2D eigenvalue weighted by Crippen LogP contribution is -2.24. The molecule has 0 radical (unpaired) electrons. The van der Waals surface area contributed by atoms with Crippen molar-refractivity contribution in [1.29, 1.82) is 0 Å². The molecule has 3 heterocycles. The maximum absolute atomic E-state index is 12.1. The van der Waals surface area contributed by atoms with Gasteiger partial charge in [0.05, 0.1) is 16.3 Å². The molecule has 120 valence electrons. The minimum absolute atomic E-state index is 0.0483. The molecule has 0 saturated heterocycles. The smallest absolute Gasteiger partial charge is 0.316 e. The van der Waals surface area contributed by atoms with E-state index in [9.17, 15) is 4.79 Å². The van der Waals surface area contributed by atoms with Crippen molar-refractivity contribution < 1.29 is 9.32 Å². The van der Waals surface area contributed by atoms with E-state index in [-0.39, 0.29) is 5.89 Å². The summed E-state index contributed by atoms with van der Waals surface area (Å²) in [6.45, 7) is 2.76. The Morgan fingerprint density at radius 1 is 1.43 bits per heavy atom. The van der Waals surface area contributed by atoms with Crippen LogP contribution < -0.4 is 5.32 Å². The maximum Gasteiger partial charge on any atom is 0.316 e. The lowest BCUT2D eigenvalue weighted by Gasteiger charge is -2.05. The highest BCUT2D eigenvalue weighted by Gasteiger charge is 2.16. The molecule has 3 aromatic heterocycles. The van der Waals surface area contributed by atoms with Gasteiger partial charge in [0.15, 0.2) is 5.82 Å². The number of aryl methyl sites for hydroxylation is 1. The summed E-state index contributed by atoms with van der Waals surface area (Å²) in [5.41, 5.74) is 2.13. The predicted octanol–water partition coefficient (Wildman–Crippen LogP) is 1.50. The van der Waals surface area contributed by atoms with Crippen LogP contribution in [0.15, 0.2) is 29.0 Å². The molecule has 0 atom stereocenters. The van der Waals surface area contributed by atoms with Crippen molar-refractivity contribution in [3.05, 3.63) is 51.2 Å². The standard InChI is InChI=1S/C14H15IN6O2/c1-9-3-4-11(20(9)2)6-16-13(22)14-18-12(19-23-14)8-21-7-10(15)5-17-21/h3-5,7H,6,8H2,1-2H3,(H,16,22). The first-order chi connectivity index (χ1) is 11.0. The second kappa shape index (κ2) is 6.52. The van der Waals surface area contributed by atoms with E-state index < -0.39 is 5.91 Å². The summed E-state index contributed by atoms with van der Waals surface area (Å²) >= 11 is 2.17. The van der Waals surface area contributed by atoms with Crippen LogP contribution in [0.2, 0.25) is 0 Å². The van der Waals surface area contributed by atoms with Crippen LogP contribution >= 0.6 is 22.6 Å². The van der Waals surface area contributed by atoms with Gasteiger partial charge < -0.3 is 14.4 Å². The fourth-order valence-corrected chi connectivity index (χ4v) is 2.52. The van der Waals surface area contributed by atoms with E-state index in [2.05, 4.69) is 43.1 Å². The summed E-state index contributed by atoms with van der Waals surface area (Å²) in [6, 6.07) is 3.96. The lowest BCUT2D eigenvalue weighted by atomic mass is 10.4. The normalized spacial score (nSPS) is 10.9. The SMILES string of the molecule is Cc1ccc(CNC(=O)c2nc(Cn3cc(I)cn3)no2)n1C. The molecule has 23 heavy (non-hydrogen) atoms. The number of aromatic nitrogens is 5. The molecule has 0 fully saturated rings. The summed E-state index contributed by atoms with van der Waals surface area (Å²) in [6.07, 6.45) is 3.59. The highest BCUT2D eigenvalue weighted by atomic mass is 127. The van der Waals surface area contributed by atoms with E-state index in [0.29, 0.717) is 18.9 Å². The number of hydrogen-bond acceptors (Lipinski definition) is 5. The molecule has 0 saturated carbocycles. The molecular formula is C14H15IN6O2. The Labute approximate surface area is 146 Å². The Kier molecular flexibility index (Phi) is 4.46. The number of halogens is 1. The van der Waals surface area contributed by atoms with Crippen molar-refractivity contribution in [2.24, 2.45) is 7.05 Å². The third kappa shape index (κ3) is 3.60. The largest absolute Gasteiger partial charge is 0.350 e. The third-order valence-electron chi connectivity index (χ3n) is 3.47. The molecule has 9 heteroatoms. The third-order valence-corrected chi connectivity index (χ3v) is 4.03. The van der Waals surface area contributed by atoms with Crippen LogP contribution in [-0.2, 0) is 20.1 Å². The molecule has 0 aliphatic carbocycles. The number of nitrogens with one attached hydrogen (secondary N) is 1. The van der Waals surface area contributed by atoms with Crippen LogP contribution in [0.1, 0.15) is 27.9 Å². The zero-order chi connectivity index (χ0) is 16.4. The first-order valence-electron chi connectivity index (χ1n) is 6.93. The molecule has 0 aliphatic rings. The van der Waals surface area contributed by atoms with E-state index in [1.807, 2.05) is 36.9 Å². The highest BCUT2D eigenvalue weighted by molar-refractivity contribution is 14.1. The van der Waals surface area contributed by atoms with Gasteiger partial charge in [0.25, 0.3) is 0 Å². The van der Waals surface area contributed by atoms with Gasteiger partial charge in [0.2, 0.25) is 0 Å². The second-order valence-corrected chi connectivity index (χ2v) is 6.33. The summed E-state index contributed by atoms with van der Waals surface area (Å²) in [7, 11) is 1.95. The molecule has 0 unspecified atom stereocenters. The summed E-state index contributed by atoms with van der Waals surface area (Å²) in [4.78, 5) is 16.2. The number of carbonyl (C=O) groups is 1. The first kappa shape index (κ1) is 15.7. The zero-order valence-electron chi connectivity index (χ0n) is 12.7. The minimum Gasteiger partial charge on any atom is -0.350 e. The lowest BCUT2D eigenvalue weighted by molar-refractivity contribution is 0.0906. The Bertz CT molecular complexity index is 834. The molecule has 0 aliphatic heterocycles. The molecule has 8 nitrogen and oxygen atoms in total. The number of hydrogen-bond donors (Lipinski definition) is 1. The van der Waals surface area contributed by atoms with Crippen molar-refractivity contribution in [2.75, 3.05) is 0 Å². The molecule has 0 aromatic carbocycles. The topological polar surface area (TPSA) is 90.8 Å². The van der Waals surface area contributed by atoms with Crippen LogP contribution in [0.5, 0.6) is 0 Å². The fourth-order valence-electron chi connectivity index (χ4n) is 2.07. The first-order valence-corrected chi connectivity index (χ1v) is 8.01. The number of nitrogens with zero attached hydrogens (tertiary/aromatic N) is 5. The van der Waals surface area contributed by atoms with E-state index in [0.717, 1.165) is 15.0 Å². The van der Waals surface area contributed by atoms with Gasteiger partial charge in [-0.1, -0.05) is 5.16 Å². The Morgan fingerprint density at radius 3 is 2.91 bits per heavy atom. The van der Waals surface area contributed by atoms with Crippen LogP contribution in [0, 0.1) is 10.5 Å².